The Labute approximate surface area is 139 Å². The molecule has 4 nitrogen and oxygen atoms in total. The molecule has 0 radical (unpaired) electrons. The summed E-state index contributed by atoms with van der Waals surface area (Å²) >= 11 is 0. The molecular formula is C19H30O4. The quantitative estimate of drug-likeness (QED) is 0.582. The highest BCUT2D eigenvalue weighted by molar-refractivity contribution is 5.66. The zero-order valence-electron chi connectivity index (χ0n) is 15.1. The van der Waals surface area contributed by atoms with Gasteiger partial charge in [-0.1, -0.05) is 33.3 Å². The van der Waals surface area contributed by atoms with E-state index >= 15 is 0 Å². The Morgan fingerprint density at radius 1 is 1.13 bits per heavy atom. The van der Waals surface area contributed by atoms with Gasteiger partial charge in [-0.05, 0) is 41.6 Å². The van der Waals surface area contributed by atoms with Crippen LogP contribution in [0.5, 0.6) is 0 Å². The largest absolute Gasteiger partial charge is 0.465 e. The molecule has 1 fully saturated rings. The van der Waals surface area contributed by atoms with E-state index in [4.69, 9.17) is 9.47 Å². The summed E-state index contributed by atoms with van der Waals surface area (Å²) in [5, 5.41) is 0. The first-order chi connectivity index (χ1) is 10.7. The molecule has 0 bridgehead atoms. The Morgan fingerprint density at radius 3 is 2.39 bits per heavy atom. The van der Waals surface area contributed by atoms with Gasteiger partial charge in [0.25, 0.3) is 0 Å². The van der Waals surface area contributed by atoms with Crippen molar-refractivity contribution in [2.75, 3.05) is 13.2 Å². The zero-order valence-corrected chi connectivity index (χ0v) is 15.1. The molecule has 2 aliphatic carbocycles. The molecule has 0 spiro atoms. The lowest BCUT2D eigenvalue weighted by Crippen LogP contribution is -2.50. The molecule has 0 aromatic heterocycles. The van der Waals surface area contributed by atoms with Gasteiger partial charge in [-0.3, -0.25) is 9.59 Å². The van der Waals surface area contributed by atoms with Gasteiger partial charge in [-0.15, -0.1) is 0 Å². The van der Waals surface area contributed by atoms with Crippen LogP contribution >= 0.6 is 0 Å². The maximum Gasteiger partial charge on any atom is 0.302 e. The molecule has 2 rings (SSSR count). The number of rotatable bonds is 4. The molecule has 0 aliphatic heterocycles. The van der Waals surface area contributed by atoms with E-state index in [2.05, 4.69) is 26.8 Å². The first kappa shape index (κ1) is 18.0. The third-order valence-electron chi connectivity index (χ3n) is 6.03. The van der Waals surface area contributed by atoms with Crippen molar-refractivity contribution in [1.29, 1.82) is 0 Å². The van der Waals surface area contributed by atoms with E-state index in [1.165, 1.54) is 26.7 Å². The van der Waals surface area contributed by atoms with Crippen LogP contribution in [0.25, 0.3) is 0 Å². The van der Waals surface area contributed by atoms with Gasteiger partial charge in [0.05, 0.1) is 6.61 Å². The number of fused-ring (bicyclic) bond motifs is 1. The lowest BCUT2D eigenvalue weighted by atomic mass is 9.49. The van der Waals surface area contributed by atoms with Gasteiger partial charge in [-0.2, -0.15) is 0 Å². The second-order valence-electron chi connectivity index (χ2n) is 8.05. The van der Waals surface area contributed by atoms with Gasteiger partial charge >= 0.3 is 11.9 Å². The van der Waals surface area contributed by atoms with Crippen LogP contribution in [0.4, 0.5) is 0 Å². The Morgan fingerprint density at radius 2 is 1.78 bits per heavy atom. The second kappa shape index (κ2) is 6.66. The monoisotopic (exact) mass is 322 g/mol. The van der Waals surface area contributed by atoms with Gasteiger partial charge in [0.2, 0.25) is 0 Å². The maximum absolute atomic E-state index is 11.3. The third-order valence-corrected chi connectivity index (χ3v) is 6.03. The van der Waals surface area contributed by atoms with Gasteiger partial charge in [0, 0.05) is 19.8 Å². The van der Waals surface area contributed by atoms with Gasteiger partial charge < -0.3 is 9.47 Å². The number of ether oxygens (including phenoxy) is 2. The summed E-state index contributed by atoms with van der Waals surface area (Å²) in [4.78, 5) is 22.5. The van der Waals surface area contributed by atoms with E-state index in [0.29, 0.717) is 19.1 Å². The molecule has 0 aromatic carbocycles. The van der Waals surface area contributed by atoms with Crippen molar-refractivity contribution >= 4 is 11.9 Å². The van der Waals surface area contributed by atoms with Crippen LogP contribution in [-0.4, -0.2) is 25.2 Å². The number of allylic oxidation sites excluding steroid dienone is 1. The van der Waals surface area contributed by atoms with E-state index in [1.807, 2.05) is 0 Å². The molecule has 0 N–H and O–H groups in total. The minimum Gasteiger partial charge on any atom is -0.465 e. The van der Waals surface area contributed by atoms with E-state index in [9.17, 15) is 9.59 Å². The summed E-state index contributed by atoms with van der Waals surface area (Å²) in [6.07, 6.45) is 6.79. The van der Waals surface area contributed by atoms with Crippen molar-refractivity contribution in [2.45, 2.75) is 60.3 Å². The van der Waals surface area contributed by atoms with Crippen molar-refractivity contribution in [3.05, 3.63) is 11.6 Å². The van der Waals surface area contributed by atoms with Gasteiger partial charge in [0.15, 0.2) is 0 Å². The molecule has 0 heterocycles. The Kier molecular flexibility index (Phi) is 5.22. The smallest absolute Gasteiger partial charge is 0.302 e. The van der Waals surface area contributed by atoms with Crippen molar-refractivity contribution in [3.63, 3.8) is 0 Å². The molecule has 3 atom stereocenters. The lowest BCUT2D eigenvalue weighted by molar-refractivity contribution is -0.147. The Bertz CT molecular complexity index is 505. The fourth-order valence-electron chi connectivity index (χ4n) is 4.85. The van der Waals surface area contributed by atoms with Crippen molar-refractivity contribution < 1.29 is 19.1 Å². The molecule has 4 heteroatoms. The predicted molar refractivity (Wildman–Crippen MR) is 88.7 cm³/mol. The number of hydrogen-bond acceptors (Lipinski definition) is 4. The van der Waals surface area contributed by atoms with Crippen LogP contribution < -0.4 is 0 Å². The van der Waals surface area contributed by atoms with E-state index < -0.39 is 0 Å². The first-order valence-electron chi connectivity index (χ1n) is 8.62. The van der Waals surface area contributed by atoms with Crippen LogP contribution in [0.1, 0.15) is 60.3 Å². The maximum atomic E-state index is 11.3. The van der Waals surface area contributed by atoms with Crippen LogP contribution in [0, 0.1) is 22.7 Å². The number of carbonyl (C=O) groups is 2. The molecule has 0 saturated heterocycles. The summed E-state index contributed by atoms with van der Waals surface area (Å²) in [6.45, 7) is 10.6. The van der Waals surface area contributed by atoms with E-state index in [-0.39, 0.29) is 28.7 Å². The minimum atomic E-state index is -0.270. The first-order valence-corrected chi connectivity index (χ1v) is 8.62. The molecular weight excluding hydrogens is 292 g/mol. The summed E-state index contributed by atoms with van der Waals surface area (Å²) in [5.41, 5.74) is 1.48. The molecule has 2 aliphatic rings. The average Bonchev–Trinajstić information content (AvgIpc) is 2.42. The van der Waals surface area contributed by atoms with Crippen LogP contribution in [0.3, 0.4) is 0 Å². The lowest BCUT2D eigenvalue weighted by Gasteiger charge is -2.56. The zero-order chi connectivity index (χ0) is 17.3. The van der Waals surface area contributed by atoms with Gasteiger partial charge in [-0.25, -0.2) is 0 Å². The van der Waals surface area contributed by atoms with E-state index in [1.54, 1.807) is 0 Å². The molecule has 1 unspecified atom stereocenters. The molecule has 0 amide bonds. The number of hydrogen-bond donors (Lipinski definition) is 0. The standard InChI is InChI=1S/C19H30O4/c1-13(20)22-11-15-7-8-17-18(3,4)9-6-10-19(17,5)16(15)12-23-14(2)21/h7,16-17H,6,8-12H2,1-5H3/t16-,17?,19+/m0/s1. The van der Waals surface area contributed by atoms with Crippen molar-refractivity contribution in [2.24, 2.45) is 22.7 Å². The minimum absolute atomic E-state index is 0.0848. The molecule has 1 saturated carbocycles. The van der Waals surface area contributed by atoms with Crippen LogP contribution in [0.2, 0.25) is 0 Å². The summed E-state index contributed by atoms with van der Waals surface area (Å²) in [7, 11) is 0. The Balaban J connectivity index is 2.29. The second-order valence-corrected chi connectivity index (χ2v) is 8.05. The fourth-order valence-corrected chi connectivity index (χ4v) is 4.85. The Hall–Kier alpha value is -1.32. The topological polar surface area (TPSA) is 52.6 Å². The molecule has 0 aromatic rings. The summed E-state index contributed by atoms with van der Waals surface area (Å²) in [6, 6.07) is 0. The highest BCUT2D eigenvalue weighted by Crippen LogP contribution is 2.59. The summed E-state index contributed by atoms with van der Waals surface area (Å²) in [5.74, 6) is 0.167. The van der Waals surface area contributed by atoms with Crippen LogP contribution in [-0.2, 0) is 19.1 Å². The highest BCUT2D eigenvalue weighted by atomic mass is 16.5. The van der Waals surface area contributed by atoms with Gasteiger partial charge in [0.1, 0.15) is 6.61 Å². The highest BCUT2D eigenvalue weighted by Gasteiger charge is 2.52. The van der Waals surface area contributed by atoms with Crippen molar-refractivity contribution in [1.82, 2.24) is 0 Å². The SMILES string of the molecule is CC(=O)OCC1=CCC2C(C)(C)CCC[C@]2(C)[C@H]1COC(C)=O. The average molecular weight is 322 g/mol. The predicted octanol–water partition coefficient (Wildman–Crippen LogP) is 3.89. The van der Waals surface area contributed by atoms with E-state index in [0.717, 1.165) is 18.4 Å². The fraction of sp³-hybridized carbons (Fsp3) is 0.789. The normalized spacial score (nSPS) is 32.5. The summed E-state index contributed by atoms with van der Waals surface area (Å²) < 4.78 is 10.6. The van der Waals surface area contributed by atoms with Crippen molar-refractivity contribution in [3.8, 4) is 0 Å². The molecule has 23 heavy (non-hydrogen) atoms. The number of carbonyl (C=O) groups excluding carboxylic acids is 2. The van der Waals surface area contributed by atoms with Crippen LogP contribution in [0.15, 0.2) is 11.6 Å². The number of esters is 2. The molecule has 130 valence electrons. The third kappa shape index (κ3) is 3.78.